The number of nitrogens with zero attached hydrogens (tertiary/aromatic N) is 3. The molecule has 2 aromatic heterocycles. The highest BCUT2D eigenvalue weighted by atomic mass is 32.1. The van der Waals surface area contributed by atoms with Gasteiger partial charge in [0.05, 0.1) is 12.0 Å². The summed E-state index contributed by atoms with van der Waals surface area (Å²) in [5, 5.41) is 0.947. The Morgan fingerprint density at radius 1 is 1.33 bits per heavy atom. The Balaban J connectivity index is 1.87. The SMILES string of the molecule is CCOC(=O)c1sc2ncnc(N3CCc4ccccc43)c2c1C. The summed E-state index contributed by atoms with van der Waals surface area (Å²) >= 11 is 1.37. The third-order valence-corrected chi connectivity index (χ3v) is 5.49. The summed E-state index contributed by atoms with van der Waals surface area (Å²) in [6.07, 6.45) is 2.57. The summed E-state index contributed by atoms with van der Waals surface area (Å²) in [7, 11) is 0. The van der Waals surface area contributed by atoms with Crippen molar-refractivity contribution in [1.29, 1.82) is 0 Å². The summed E-state index contributed by atoms with van der Waals surface area (Å²) in [6.45, 7) is 5.01. The topological polar surface area (TPSA) is 55.3 Å². The molecule has 3 heterocycles. The van der Waals surface area contributed by atoms with Crippen LogP contribution in [0.5, 0.6) is 0 Å². The highest BCUT2D eigenvalue weighted by Gasteiger charge is 2.26. The number of aryl methyl sites for hydroxylation is 1. The van der Waals surface area contributed by atoms with E-state index >= 15 is 0 Å². The van der Waals surface area contributed by atoms with Crippen LogP contribution in [0.3, 0.4) is 0 Å². The van der Waals surface area contributed by atoms with Crippen molar-refractivity contribution in [2.24, 2.45) is 0 Å². The summed E-state index contributed by atoms with van der Waals surface area (Å²) in [5.74, 6) is 0.583. The van der Waals surface area contributed by atoms with Crippen LogP contribution in [-0.2, 0) is 11.2 Å². The maximum Gasteiger partial charge on any atom is 0.348 e. The molecule has 0 atom stereocenters. The molecule has 24 heavy (non-hydrogen) atoms. The Morgan fingerprint density at radius 3 is 3.00 bits per heavy atom. The Labute approximate surface area is 143 Å². The first-order valence-corrected chi connectivity index (χ1v) is 8.79. The van der Waals surface area contributed by atoms with Gasteiger partial charge in [-0.2, -0.15) is 0 Å². The maximum absolute atomic E-state index is 12.2. The molecule has 122 valence electrons. The smallest absolute Gasteiger partial charge is 0.348 e. The predicted octanol–water partition coefficient (Wildman–Crippen LogP) is 3.87. The van der Waals surface area contributed by atoms with Crippen molar-refractivity contribution in [2.75, 3.05) is 18.1 Å². The first-order chi connectivity index (χ1) is 11.7. The van der Waals surface area contributed by atoms with Crippen LogP contribution < -0.4 is 4.90 Å². The molecule has 0 amide bonds. The van der Waals surface area contributed by atoms with E-state index in [0.717, 1.165) is 34.6 Å². The lowest BCUT2D eigenvalue weighted by Crippen LogP contribution is -2.15. The number of fused-ring (bicyclic) bond motifs is 2. The van der Waals surface area contributed by atoms with Gasteiger partial charge in [0.1, 0.15) is 21.9 Å². The monoisotopic (exact) mass is 339 g/mol. The maximum atomic E-state index is 12.2. The molecular formula is C18H17N3O2S. The van der Waals surface area contributed by atoms with E-state index in [1.54, 1.807) is 6.33 Å². The number of rotatable bonds is 3. The minimum absolute atomic E-state index is 0.286. The van der Waals surface area contributed by atoms with Gasteiger partial charge in [0, 0.05) is 12.2 Å². The summed E-state index contributed by atoms with van der Waals surface area (Å²) in [6, 6.07) is 8.37. The molecule has 1 aromatic carbocycles. The molecule has 0 radical (unpaired) electrons. The highest BCUT2D eigenvalue weighted by molar-refractivity contribution is 7.20. The van der Waals surface area contributed by atoms with E-state index in [1.807, 2.05) is 19.9 Å². The number of carbonyl (C=O) groups is 1. The van der Waals surface area contributed by atoms with E-state index < -0.39 is 0 Å². The van der Waals surface area contributed by atoms with E-state index in [-0.39, 0.29) is 5.97 Å². The van der Waals surface area contributed by atoms with Gasteiger partial charge in [-0.05, 0) is 37.5 Å². The molecule has 1 aliphatic heterocycles. The van der Waals surface area contributed by atoms with E-state index in [2.05, 4.69) is 33.1 Å². The summed E-state index contributed by atoms with van der Waals surface area (Å²) in [5.41, 5.74) is 3.40. The van der Waals surface area contributed by atoms with Crippen molar-refractivity contribution >= 4 is 39.0 Å². The van der Waals surface area contributed by atoms with Crippen LogP contribution in [0.4, 0.5) is 11.5 Å². The lowest BCUT2D eigenvalue weighted by molar-refractivity contribution is 0.0531. The van der Waals surface area contributed by atoms with E-state index in [4.69, 9.17) is 4.74 Å². The quantitative estimate of drug-likeness (QED) is 0.678. The van der Waals surface area contributed by atoms with Crippen molar-refractivity contribution in [3.05, 3.63) is 46.6 Å². The van der Waals surface area contributed by atoms with E-state index in [0.29, 0.717) is 11.5 Å². The van der Waals surface area contributed by atoms with Crippen molar-refractivity contribution < 1.29 is 9.53 Å². The number of benzene rings is 1. The highest BCUT2D eigenvalue weighted by Crippen LogP contribution is 2.40. The lowest BCUT2D eigenvalue weighted by Gasteiger charge is -2.19. The largest absolute Gasteiger partial charge is 0.462 e. The Bertz CT molecular complexity index is 935. The number of aromatic nitrogens is 2. The number of para-hydroxylation sites is 1. The molecule has 0 saturated heterocycles. The third-order valence-electron chi connectivity index (χ3n) is 4.31. The van der Waals surface area contributed by atoms with E-state index in [1.165, 1.54) is 22.6 Å². The van der Waals surface area contributed by atoms with Crippen LogP contribution in [0.1, 0.15) is 27.7 Å². The third kappa shape index (κ3) is 2.26. The van der Waals surface area contributed by atoms with Gasteiger partial charge in [0.15, 0.2) is 0 Å². The molecule has 1 aliphatic rings. The van der Waals surface area contributed by atoms with Crippen LogP contribution in [0, 0.1) is 6.92 Å². The minimum Gasteiger partial charge on any atom is -0.462 e. The van der Waals surface area contributed by atoms with Gasteiger partial charge in [0.25, 0.3) is 0 Å². The molecule has 6 heteroatoms. The molecule has 0 bridgehead atoms. The second kappa shape index (κ2) is 5.87. The van der Waals surface area contributed by atoms with Crippen molar-refractivity contribution in [3.8, 4) is 0 Å². The Hall–Kier alpha value is -2.47. The van der Waals surface area contributed by atoms with Crippen LogP contribution in [-0.4, -0.2) is 29.1 Å². The Kier molecular flexibility index (Phi) is 3.69. The number of ether oxygens (including phenoxy) is 1. The van der Waals surface area contributed by atoms with Gasteiger partial charge < -0.3 is 9.64 Å². The average molecular weight is 339 g/mol. The molecular weight excluding hydrogens is 322 g/mol. The number of esters is 1. The van der Waals surface area contributed by atoms with Gasteiger partial charge in [-0.3, -0.25) is 0 Å². The fourth-order valence-corrected chi connectivity index (χ4v) is 4.24. The summed E-state index contributed by atoms with van der Waals surface area (Å²) in [4.78, 5) is 24.7. The molecule has 0 fully saturated rings. The van der Waals surface area contributed by atoms with Gasteiger partial charge in [-0.1, -0.05) is 18.2 Å². The number of carbonyl (C=O) groups excluding carboxylic acids is 1. The Morgan fingerprint density at radius 2 is 2.17 bits per heavy atom. The molecule has 0 N–H and O–H groups in total. The number of hydrogen-bond donors (Lipinski definition) is 0. The van der Waals surface area contributed by atoms with Crippen molar-refractivity contribution in [2.45, 2.75) is 20.3 Å². The zero-order chi connectivity index (χ0) is 16.7. The van der Waals surface area contributed by atoms with E-state index in [9.17, 15) is 4.79 Å². The fourth-order valence-electron chi connectivity index (χ4n) is 3.21. The molecule has 0 saturated carbocycles. The molecule has 0 spiro atoms. The molecule has 0 unspecified atom stereocenters. The zero-order valence-electron chi connectivity index (χ0n) is 13.6. The van der Waals surface area contributed by atoms with Crippen molar-refractivity contribution in [1.82, 2.24) is 9.97 Å². The first-order valence-electron chi connectivity index (χ1n) is 7.97. The number of hydrogen-bond acceptors (Lipinski definition) is 6. The second-order valence-electron chi connectivity index (χ2n) is 5.68. The van der Waals surface area contributed by atoms with Crippen LogP contribution in [0.15, 0.2) is 30.6 Å². The molecule has 3 aromatic rings. The normalized spacial score (nSPS) is 13.3. The van der Waals surface area contributed by atoms with Crippen LogP contribution >= 0.6 is 11.3 Å². The number of anilines is 2. The first kappa shape index (κ1) is 15.1. The average Bonchev–Trinajstić information content (AvgIpc) is 3.17. The predicted molar refractivity (Wildman–Crippen MR) is 95.3 cm³/mol. The van der Waals surface area contributed by atoms with Gasteiger partial charge in [0.2, 0.25) is 0 Å². The molecule has 4 rings (SSSR count). The fraction of sp³-hybridized carbons (Fsp3) is 0.278. The second-order valence-corrected chi connectivity index (χ2v) is 6.68. The summed E-state index contributed by atoms with van der Waals surface area (Å²) < 4.78 is 5.17. The van der Waals surface area contributed by atoms with Gasteiger partial charge in [-0.15, -0.1) is 11.3 Å². The molecule has 5 nitrogen and oxygen atoms in total. The minimum atomic E-state index is -0.286. The lowest BCUT2D eigenvalue weighted by atomic mass is 10.1. The standard InChI is InChI=1S/C18H17N3O2S/c1-3-23-18(22)15-11(2)14-16(19-10-20-17(14)24-15)21-9-8-12-6-4-5-7-13(12)21/h4-7,10H,3,8-9H2,1-2H3. The molecule has 0 aliphatic carbocycles. The van der Waals surface area contributed by atoms with Gasteiger partial charge >= 0.3 is 5.97 Å². The van der Waals surface area contributed by atoms with Crippen LogP contribution in [0.25, 0.3) is 10.2 Å². The van der Waals surface area contributed by atoms with Crippen molar-refractivity contribution in [3.63, 3.8) is 0 Å². The van der Waals surface area contributed by atoms with Crippen LogP contribution in [0.2, 0.25) is 0 Å². The zero-order valence-corrected chi connectivity index (χ0v) is 14.4. The van der Waals surface area contributed by atoms with Gasteiger partial charge in [-0.25, -0.2) is 14.8 Å². The number of thiophene rings is 1.